The van der Waals surface area contributed by atoms with Crippen molar-refractivity contribution in [2.45, 2.75) is 12.5 Å². The summed E-state index contributed by atoms with van der Waals surface area (Å²) in [6, 6.07) is 19.3. The normalized spacial score (nSPS) is 12.7. The lowest BCUT2D eigenvalue weighted by Crippen LogP contribution is -2.34. The number of ether oxygens (including phenoxy) is 2. The predicted octanol–water partition coefficient (Wildman–Crippen LogP) is 7.19. The van der Waals surface area contributed by atoms with Gasteiger partial charge in [0.15, 0.2) is 35.5 Å². The Morgan fingerprint density at radius 2 is 1.02 bits per heavy atom. The van der Waals surface area contributed by atoms with E-state index in [0.717, 1.165) is 0 Å². The van der Waals surface area contributed by atoms with Gasteiger partial charge in [0.2, 0.25) is 0 Å². The molecule has 46 heavy (non-hydrogen) atoms. The van der Waals surface area contributed by atoms with Crippen LogP contribution in [0.2, 0.25) is 10.0 Å². The van der Waals surface area contributed by atoms with E-state index in [0.29, 0.717) is 21.4 Å². The fraction of sp³-hybridized carbons (Fsp3) is 0.133. The summed E-state index contributed by atoms with van der Waals surface area (Å²) in [4.78, 5) is 25.8. The highest BCUT2D eigenvalue weighted by Crippen LogP contribution is 2.40. The third-order valence-corrected chi connectivity index (χ3v) is 7.53. The molecule has 2 atom stereocenters. The minimum atomic E-state index is -3.56. The van der Waals surface area contributed by atoms with E-state index in [1.165, 1.54) is 50.6 Å². The Kier molecular flexibility index (Phi) is 12.0. The number of aromatic hydroxyl groups is 2. The second kappa shape index (κ2) is 16.1. The molecule has 4 aromatic carbocycles. The highest BCUT2D eigenvalue weighted by molar-refractivity contribution is 7.33. The summed E-state index contributed by atoms with van der Waals surface area (Å²) in [7, 11) is -0.898. The summed E-state index contributed by atoms with van der Waals surface area (Å²) < 4.78 is 35.1. The van der Waals surface area contributed by atoms with Gasteiger partial charge in [0.1, 0.15) is 0 Å². The van der Waals surface area contributed by atoms with Crippen LogP contribution < -0.4 is 30.7 Å². The van der Waals surface area contributed by atoms with E-state index in [9.17, 15) is 24.4 Å². The molecule has 6 N–H and O–H groups in total. The number of nitrogens with one attached hydrogen (secondary N) is 4. The monoisotopic (exact) mass is 690 g/mol. The average Bonchev–Trinajstić information content (AvgIpc) is 3.03. The molecule has 0 spiro atoms. The van der Waals surface area contributed by atoms with Crippen molar-refractivity contribution in [2.75, 3.05) is 24.9 Å². The maximum atomic E-state index is 13.4. The molecular formula is C30H29Cl2N4O9P. The summed E-state index contributed by atoms with van der Waals surface area (Å²) >= 11 is 11.8. The number of urea groups is 2. The number of carbonyl (C=O) groups is 2. The van der Waals surface area contributed by atoms with E-state index in [1.54, 1.807) is 48.5 Å². The largest absolute Gasteiger partial charge is 0.504 e. The first-order valence-corrected chi connectivity index (χ1v) is 15.3. The zero-order valence-corrected chi connectivity index (χ0v) is 26.8. The molecule has 0 radical (unpaired) electrons. The van der Waals surface area contributed by atoms with Crippen molar-refractivity contribution in [2.24, 2.45) is 0 Å². The molecule has 4 amide bonds. The molecule has 0 aliphatic rings. The second-order valence-corrected chi connectivity index (χ2v) is 11.2. The number of hydrogen-bond acceptors (Lipinski definition) is 9. The van der Waals surface area contributed by atoms with Gasteiger partial charge in [0.05, 0.1) is 14.2 Å². The Hall–Kier alpha value is -4.65. The number of carbonyl (C=O) groups excluding carboxylic acids is 2. The van der Waals surface area contributed by atoms with Crippen LogP contribution in [0, 0.1) is 0 Å². The Bertz CT molecular complexity index is 1570. The number of methoxy groups -OCH3 is 2. The first kappa shape index (κ1) is 34.2. The Balaban J connectivity index is 1.57. The molecule has 242 valence electrons. The number of amides is 4. The topological polar surface area (TPSA) is 177 Å². The quantitative estimate of drug-likeness (QED) is 0.0663. The first-order chi connectivity index (χ1) is 22.0. The standard InChI is InChI=1S/C30H29Cl2N4O9P/c1-42-25-15-17(3-13-23(25)37)27(35-29(39)33-21-9-5-19(31)6-10-21)44-46(41)45-28(18-4-14-24(38)26(16-18)43-2)36-30(40)34-22-11-7-20(32)8-12-22/h3-16,27-28,37-38,46H,1-2H3,(H2,33,35,39)(H2,34,36,40). The van der Waals surface area contributed by atoms with Crippen LogP contribution in [0.15, 0.2) is 84.9 Å². The molecule has 0 aliphatic heterocycles. The van der Waals surface area contributed by atoms with Gasteiger partial charge in [-0.05, 0) is 72.8 Å². The molecule has 0 saturated carbocycles. The van der Waals surface area contributed by atoms with Crippen LogP contribution in [0.3, 0.4) is 0 Å². The third-order valence-electron chi connectivity index (χ3n) is 6.17. The number of anilines is 2. The number of phenols is 2. The number of hydrogen-bond donors (Lipinski definition) is 6. The number of halogens is 2. The molecule has 4 aromatic rings. The SMILES string of the molecule is COc1cc(C(NC(=O)Nc2ccc(Cl)cc2)O[PH](=O)OC(NC(=O)Nc2ccc(Cl)cc2)c2ccc(O)c(OC)c2)ccc1O. The van der Waals surface area contributed by atoms with E-state index < -0.39 is 32.8 Å². The molecule has 13 nitrogen and oxygen atoms in total. The van der Waals surface area contributed by atoms with Gasteiger partial charge in [0, 0.05) is 32.5 Å². The van der Waals surface area contributed by atoms with Gasteiger partial charge in [-0.3, -0.25) is 13.6 Å². The molecule has 0 heterocycles. The van der Waals surface area contributed by atoms with Crippen LogP contribution in [0.5, 0.6) is 23.0 Å². The van der Waals surface area contributed by atoms with Crippen molar-refractivity contribution < 1.29 is 42.9 Å². The highest BCUT2D eigenvalue weighted by Gasteiger charge is 2.25. The van der Waals surface area contributed by atoms with Crippen molar-refractivity contribution >= 4 is 54.9 Å². The van der Waals surface area contributed by atoms with Crippen molar-refractivity contribution in [3.8, 4) is 23.0 Å². The van der Waals surface area contributed by atoms with Crippen LogP contribution in [0.1, 0.15) is 23.6 Å². The molecule has 2 unspecified atom stereocenters. The summed E-state index contributed by atoms with van der Waals surface area (Å²) in [5.41, 5.74) is 1.29. The van der Waals surface area contributed by atoms with E-state index in [-0.39, 0.29) is 34.1 Å². The Labute approximate surface area is 274 Å². The van der Waals surface area contributed by atoms with E-state index in [1.807, 2.05) is 0 Å². The van der Waals surface area contributed by atoms with Crippen LogP contribution in [0.25, 0.3) is 0 Å². The van der Waals surface area contributed by atoms with Gasteiger partial charge in [0.25, 0.3) is 0 Å². The van der Waals surface area contributed by atoms with Crippen LogP contribution >= 0.6 is 31.5 Å². The summed E-state index contributed by atoms with van der Waals surface area (Å²) in [5.74, 6) is -0.254. The number of rotatable bonds is 12. The van der Waals surface area contributed by atoms with Gasteiger partial charge in [-0.25, -0.2) is 9.59 Å². The third kappa shape index (κ3) is 9.67. The molecular weight excluding hydrogens is 662 g/mol. The van der Waals surface area contributed by atoms with Crippen LogP contribution in [0.4, 0.5) is 21.0 Å². The van der Waals surface area contributed by atoms with Crippen molar-refractivity contribution in [1.29, 1.82) is 0 Å². The lowest BCUT2D eigenvalue weighted by atomic mass is 10.2. The number of phenolic OH excluding ortho intramolecular Hbond substituents is 2. The van der Waals surface area contributed by atoms with Gasteiger partial charge < -0.3 is 41.0 Å². The van der Waals surface area contributed by atoms with Crippen molar-refractivity contribution in [1.82, 2.24) is 10.6 Å². The summed E-state index contributed by atoms with van der Waals surface area (Å²) in [5, 5.41) is 31.4. The van der Waals surface area contributed by atoms with Crippen LogP contribution in [-0.2, 0) is 13.6 Å². The lowest BCUT2D eigenvalue weighted by molar-refractivity contribution is 0.107. The molecule has 4 rings (SSSR count). The van der Waals surface area contributed by atoms with Gasteiger partial charge in [-0.1, -0.05) is 35.3 Å². The summed E-state index contributed by atoms with van der Waals surface area (Å²) in [6.07, 6.45) is -2.79. The van der Waals surface area contributed by atoms with E-state index in [4.69, 9.17) is 41.7 Å². The molecule has 0 saturated heterocycles. The fourth-order valence-corrected chi connectivity index (χ4v) is 5.02. The molecule has 0 aromatic heterocycles. The smallest absolute Gasteiger partial charge is 0.323 e. The molecule has 16 heteroatoms. The Morgan fingerprint density at radius 3 is 1.37 bits per heavy atom. The van der Waals surface area contributed by atoms with Gasteiger partial charge >= 0.3 is 20.3 Å². The lowest BCUT2D eigenvalue weighted by Gasteiger charge is -2.24. The highest BCUT2D eigenvalue weighted by atomic mass is 35.5. The molecule has 0 aliphatic carbocycles. The fourth-order valence-electron chi connectivity index (χ4n) is 3.94. The van der Waals surface area contributed by atoms with E-state index >= 15 is 0 Å². The number of benzene rings is 4. The predicted molar refractivity (Wildman–Crippen MR) is 173 cm³/mol. The first-order valence-electron chi connectivity index (χ1n) is 13.3. The second-order valence-electron chi connectivity index (χ2n) is 9.32. The van der Waals surface area contributed by atoms with Crippen molar-refractivity contribution in [3.63, 3.8) is 0 Å². The van der Waals surface area contributed by atoms with Crippen molar-refractivity contribution in [3.05, 3.63) is 106 Å². The zero-order valence-electron chi connectivity index (χ0n) is 24.2. The minimum Gasteiger partial charge on any atom is -0.504 e. The Morgan fingerprint density at radius 1 is 0.652 bits per heavy atom. The zero-order chi connectivity index (χ0) is 33.2. The molecule has 0 bridgehead atoms. The maximum Gasteiger partial charge on any atom is 0.323 e. The maximum absolute atomic E-state index is 13.4. The van der Waals surface area contributed by atoms with Gasteiger partial charge in [-0.2, -0.15) is 0 Å². The average molecular weight is 691 g/mol. The van der Waals surface area contributed by atoms with Crippen LogP contribution in [-0.4, -0.2) is 36.5 Å². The van der Waals surface area contributed by atoms with E-state index in [2.05, 4.69) is 21.3 Å². The van der Waals surface area contributed by atoms with Gasteiger partial charge in [-0.15, -0.1) is 0 Å². The summed E-state index contributed by atoms with van der Waals surface area (Å²) in [6.45, 7) is 0. The minimum absolute atomic E-state index is 0.0567. The molecule has 0 fully saturated rings.